The highest BCUT2D eigenvalue weighted by Crippen LogP contribution is 2.22. The maximum absolute atomic E-state index is 11.9. The normalized spacial score (nSPS) is 11.9. The van der Waals surface area contributed by atoms with Gasteiger partial charge in [-0.3, -0.25) is 4.79 Å². The minimum atomic E-state index is -0.857. The fourth-order valence-corrected chi connectivity index (χ4v) is 1.98. The molecule has 0 saturated heterocycles. The lowest BCUT2D eigenvalue weighted by atomic mass is 10.1. The van der Waals surface area contributed by atoms with E-state index in [-0.39, 0.29) is 17.9 Å². The van der Waals surface area contributed by atoms with Crippen molar-refractivity contribution >= 4 is 23.2 Å². The van der Waals surface area contributed by atoms with Gasteiger partial charge in [-0.2, -0.15) is 0 Å². The fourth-order valence-electron chi connectivity index (χ4n) is 1.82. The van der Waals surface area contributed by atoms with Crippen LogP contribution in [0.5, 0.6) is 5.75 Å². The van der Waals surface area contributed by atoms with Gasteiger partial charge in [0, 0.05) is 17.3 Å². The smallest absolute Gasteiger partial charge is 0.255 e. The van der Waals surface area contributed by atoms with Crippen LogP contribution in [0.2, 0.25) is 5.02 Å². The molecule has 0 radical (unpaired) electrons. The van der Waals surface area contributed by atoms with E-state index < -0.39 is 12.0 Å². The first-order chi connectivity index (χ1) is 9.97. The molecule has 2 aromatic rings. The van der Waals surface area contributed by atoms with Crippen molar-refractivity contribution in [1.82, 2.24) is 5.32 Å². The predicted molar refractivity (Wildman–Crippen MR) is 81.3 cm³/mol. The summed E-state index contributed by atoms with van der Waals surface area (Å²) < 4.78 is 0. The van der Waals surface area contributed by atoms with Crippen LogP contribution in [0.3, 0.4) is 0 Å². The SMILES string of the molecule is Nc1ccc(C(O)CNC(=O)c2ccc(Cl)cc2O)cc1. The zero-order chi connectivity index (χ0) is 15.4. The van der Waals surface area contributed by atoms with Crippen LogP contribution in [0, 0.1) is 0 Å². The number of nitrogens with two attached hydrogens (primary N) is 1. The first kappa shape index (κ1) is 15.2. The summed E-state index contributed by atoms with van der Waals surface area (Å²) in [6, 6.07) is 10.9. The predicted octanol–water partition coefficient (Wildman–Crippen LogP) is 2.09. The van der Waals surface area contributed by atoms with Gasteiger partial charge in [0.25, 0.3) is 5.91 Å². The third-order valence-corrected chi connectivity index (χ3v) is 3.22. The number of nitrogen functional groups attached to an aromatic ring is 1. The van der Waals surface area contributed by atoms with E-state index in [9.17, 15) is 15.0 Å². The average molecular weight is 307 g/mol. The van der Waals surface area contributed by atoms with E-state index in [4.69, 9.17) is 17.3 Å². The molecule has 5 N–H and O–H groups in total. The maximum atomic E-state index is 11.9. The number of amides is 1. The molecule has 0 bridgehead atoms. The Bertz CT molecular complexity index is 644. The molecule has 0 spiro atoms. The highest BCUT2D eigenvalue weighted by atomic mass is 35.5. The van der Waals surface area contributed by atoms with Gasteiger partial charge in [-0.25, -0.2) is 0 Å². The van der Waals surface area contributed by atoms with Crippen LogP contribution in [0.15, 0.2) is 42.5 Å². The fraction of sp³-hybridized carbons (Fsp3) is 0.133. The van der Waals surface area contributed by atoms with Crippen LogP contribution in [0.25, 0.3) is 0 Å². The number of rotatable bonds is 4. The molecule has 2 rings (SSSR count). The number of carbonyl (C=O) groups is 1. The summed E-state index contributed by atoms with van der Waals surface area (Å²) in [4.78, 5) is 11.9. The summed E-state index contributed by atoms with van der Waals surface area (Å²) in [6.45, 7) is 0.0187. The van der Waals surface area contributed by atoms with Crippen molar-refractivity contribution in [2.75, 3.05) is 12.3 Å². The van der Waals surface area contributed by atoms with E-state index in [1.165, 1.54) is 18.2 Å². The van der Waals surface area contributed by atoms with Crippen molar-refractivity contribution in [3.63, 3.8) is 0 Å². The average Bonchev–Trinajstić information content (AvgIpc) is 2.45. The Labute approximate surface area is 127 Å². The Hall–Kier alpha value is -2.24. The molecule has 0 fully saturated rings. The Morgan fingerprint density at radius 3 is 2.52 bits per heavy atom. The standard InChI is InChI=1S/C15H15ClN2O3/c16-10-3-6-12(13(19)7-10)15(21)18-8-14(20)9-1-4-11(17)5-2-9/h1-7,14,19-20H,8,17H2,(H,18,21). The quantitative estimate of drug-likeness (QED) is 0.650. The third kappa shape index (κ3) is 3.87. The van der Waals surface area contributed by atoms with E-state index in [1.807, 2.05) is 0 Å². The molecule has 0 aliphatic heterocycles. The van der Waals surface area contributed by atoms with E-state index >= 15 is 0 Å². The van der Waals surface area contributed by atoms with Gasteiger partial charge in [-0.05, 0) is 35.9 Å². The molecule has 0 aliphatic carbocycles. The number of nitrogens with one attached hydrogen (secondary N) is 1. The number of anilines is 1. The number of hydrogen-bond acceptors (Lipinski definition) is 4. The van der Waals surface area contributed by atoms with Crippen LogP contribution in [-0.2, 0) is 0 Å². The van der Waals surface area contributed by atoms with Gasteiger partial charge < -0.3 is 21.3 Å². The summed E-state index contributed by atoms with van der Waals surface area (Å²) in [5.74, 6) is -0.694. The number of hydrogen-bond donors (Lipinski definition) is 4. The Morgan fingerprint density at radius 1 is 1.24 bits per heavy atom. The van der Waals surface area contributed by atoms with Crippen LogP contribution in [-0.4, -0.2) is 22.7 Å². The molecule has 110 valence electrons. The minimum Gasteiger partial charge on any atom is -0.507 e. The first-order valence-electron chi connectivity index (χ1n) is 6.27. The van der Waals surface area contributed by atoms with Crippen LogP contribution in [0.4, 0.5) is 5.69 Å². The van der Waals surface area contributed by atoms with E-state index in [2.05, 4.69) is 5.32 Å². The number of aliphatic hydroxyl groups is 1. The van der Waals surface area contributed by atoms with Gasteiger partial charge in [0.15, 0.2) is 0 Å². The lowest BCUT2D eigenvalue weighted by molar-refractivity contribution is 0.0913. The Balaban J connectivity index is 1.99. The van der Waals surface area contributed by atoms with E-state index in [0.29, 0.717) is 16.3 Å². The minimum absolute atomic E-state index is 0.0187. The molecule has 6 heteroatoms. The van der Waals surface area contributed by atoms with Gasteiger partial charge in [0.05, 0.1) is 11.7 Å². The first-order valence-corrected chi connectivity index (χ1v) is 6.65. The topological polar surface area (TPSA) is 95.6 Å². The third-order valence-electron chi connectivity index (χ3n) is 2.98. The summed E-state index contributed by atoms with van der Waals surface area (Å²) in [6.07, 6.45) is -0.857. The summed E-state index contributed by atoms with van der Waals surface area (Å²) in [5.41, 5.74) is 6.91. The molecule has 21 heavy (non-hydrogen) atoms. The molecule has 2 aromatic carbocycles. The lowest BCUT2D eigenvalue weighted by Gasteiger charge is -2.13. The van der Waals surface area contributed by atoms with Crippen molar-refractivity contribution in [3.05, 3.63) is 58.6 Å². The monoisotopic (exact) mass is 306 g/mol. The molecule has 1 atom stereocenters. The van der Waals surface area contributed by atoms with Crippen LogP contribution >= 0.6 is 11.6 Å². The molecule has 0 heterocycles. The second-order valence-corrected chi connectivity index (χ2v) is 4.99. The Morgan fingerprint density at radius 2 is 1.90 bits per heavy atom. The molecule has 1 unspecified atom stereocenters. The van der Waals surface area contributed by atoms with Gasteiger partial charge in [-0.15, -0.1) is 0 Å². The summed E-state index contributed by atoms with van der Waals surface area (Å²) in [5, 5.41) is 22.5. The number of phenols is 1. The second kappa shape index (κ2) is 6.47. The zero-order valence-electron chi connectivity index (χ0n) is 11.1. The summed E-state index contributed by atoms with van der Waals surface area (Å²) in [7, 11) is 0. The number of aliphatic hydroxyl groups excluding tert-OH is 1. The highest BCUT2D eigenvalue weighted by molar-refractivity contribution is 6.30. The van der Waals surface area contributed by atoms with Crippen LogP contribution < -0.4 is 11.1 Å². The van der Waals surface area contributed by atoms with Gasteiger partial charge in [0.1, 0.15) is 5.75 Å². The number of carbonyl (C=O) groups excluding carboxylic acids is 1. The van der Waals surface area contributed by atoms with Crippen molar-refractivity contribution in [3.8, 4) is 5.75 Å². The highest BCUT2D eigenvalue weighted by Gasteiger charge is 2.14. The maximum Gasteiger partial charge on any atom is 0.255 e. The molecule has 0 aliphatic rings. The van der Waals surface area contributed by atoms with Gasteiger partial charge >= 0.3 is 0 Å². The molecule has 1 amide bonds. The number of phenolic OH excluding ortho intramolecular Hbond substituents is 1. The van der Waals surface area contributed by atoms with Gasteiger partial charge in [0.2, 0.25) is 0 Å². The molecular formula is C15H15ClN2O3. The van der Waals surface area contributed by atoms with Crippen LogP contribution in [0.1, 0.15) is 22.0 Å². The molecule has 0 saturated carbocycles. The number of benzene rings is 2. The number of aromatic hydroxyl groups is 1. The Kier molecular flexibility index (Phi) is 4.67. The second-order valence-electron chi connectivity index (χ2n) is 4.55. The van der Waals surface area contributed by atoms with E-state index in [0.717, 1.165) is 0 Å². The molecule has 5 nitrogen and oxygen atoms in total. The molecule has 0 aromatic heterocycles. The zero-order valence-corrected chi connectivity index (χ0v) is 11.8. The van der Waals surface area contributed by atoms with Crippen molar-refractivity contribution in [1.29, 1.82) is 0 Å². The van der Waals surface area contributed by atoms with Crippen molar-refractivity contribution < 1.29 is 15.0 Å². The lowest BCUT2D eigenvalue weighted by Crippen LogP contribution is -2.28. The summed E-state index contributed by atoms with van der Waals surface area (Å²) >= 11 is 5.70. The largest absolute Gasteiger partial charge is 0.507 e. The molecular weight excluding hydrogens is 292 g/mol. The van der Waals surface area contributed by atoms with E-state index in [1.54, 1.807) is 24.3 Å². The van der Waals surface area contributed by atoms with Gasteiger partial charge in [-0.1, -0.05) is 23.7 Å². The van der Waals surface area contributed by atoms with Crippen molar-refractivity contribution in [2.45, 2.75) is 6.10 Å². The number of halogens is 1. The van der Waals surface area contributed by atoms with Crippen molar-refractivity contribution in [2.24, 2.45) is 0 Å².